The van der Waals surface area contributed by atoms with Gasteiger partial charge in [-0.15, -0.1) is 0 Å². The van der Waals surface area contributed by atoms with Crippen LogP contribution in [-0.2, 0) is 0 Å². The molecule has 5 nitrogen and oxygen atoms in total. The molecule has 0 bridgehead atoms. The Morgan fingerprint density at radius 1 is 0.781 bits per heavy atom. The molecule has 1 saturated heterocycles. The molecule has 1 fully saturated rings. The van der Waals surface area contributed by atoms with Gasteiger partial charge >= 0.3 is 0 Å². The number of nitrogens with zero attached hydrogens (tertiary/aromatic N) is 3. The molecule has 0 amide bonds. The fourth-order valence-electron chi connectivity index (χ4n) is 4.21. The number of rotatable bonds is 7. The maximum Gasteiger partial charge on any atom is 0.119 e. The van der Waals surface area contributed by atoms with Gasteiger partial charge in [0, 0.05) is 62.9 Å². The summed E-state index contributed by atoms with van der Waals surface area (Å²) in [5, 5.41) is 0. The molecular weight excluding hydrogens is 398 g/mol. The molecule has 1 aliphatic heterocycles. The van der Waals surface area contributed by atoms with E-state index < -0.39 is 0 Å². The van der Waals surface area contributed by atoms with Crippen LogP contribution in [0.2, 0.25) is 0 Å². The van der Waals surface area contributed by atoms with Crippen LogP contribution in [0.3, 0.4) is 0 Å². The van der Waals surface area contributed by atoms with E-state index in [2.05, 4.69) is 95.5 Å². The van der Waals surface area contributed by atoms with Gasteiger partial charge in [-0.25, -0.2) is 0 Å². The van der Waals surface area contributed by atoms with Crippen molar-refractivity contribution >= 4 is 17.1 Å². The van der Waals surface area contributed by atoms with E-state index in [1.807, 2.05) is 6.92 Å². The SMILES string of the molecule is CCOc1ccc(N2CCN(c3ccc(OC)cc3-c3ccc(N(C)C)cc3)CC2)cc1. The van der Waals surface area contributed by atoms with E-state index in [0.717, 1.165) is 37.7 Å². The third-order valence-electron chi connectivity index (χ3n) is 6.03. The highest BCUT2D eigenvalue weighted by atomic mass is 16.5. The van der Waals surface area contributed by atoms with Gasteiger partial charge in [0.1, 0.15) is 11.5 Å². The third-order valence-corrected chi connectivity index (χ3v) is 6.03. The number of methoxy groups -OCH3 is 1. The van der Waals surface area contributed by atoms with Crippen molar-refractivity contribution in [3.63, 3.8) is 0 Å². The van der Waals surface area contributed by atoms with Crippen LogP contribution in [0.25, 0.3) is 11.1 Å². The molecule has 3 aromatic rings. The van der Waals surface area contributed by atoms with Crippen molar-refractivity contribution in [2.45, 2.75) is 6.92 Å². The summed E-state index contributed by atoms with van der Waals surface area (Å²) in [6, 6.07) is 23.6. The van der Waals surface area contributed by atoms with Gasteiger partial charge < -0.3 is 24.2 Å². The van der Waals surface area contributed by atoms with Crippen LogP contribution in [0.4, 0.5) is 17.1 Å². The Hall–Kier alpha value is -3.34. The van der Waals surface area contributed by atoms with Crippen molar-refractivity contribution in [2.75, 3.05) is 68.7 Å². The average Bonchev–Trinajstić information content (AvgIpc) is 2.84. The van der Waals surface area contributed by atoms with Gasteiger partial charge in [-0.3, -0.25) is 0 Å². The molecule has 4 rings (SSSR count). The fraction of sp³-hybridized carbons (Fsp3) is 0.333. The lowest BCUT2D eigenvalue weighted by atomic mass is 10.0. The van der Waals surface area contributed by atoms with Gasteiger partial charge in [0.2, 0.25) is 0 Å². The molecule has 1 aliphatic rings. The smallest absolute Gasteiger partial charge is 0.119 e. The first-order valence-electron chi connectivity index (χ1n) is 11.3. The van der Waals surface area contributed by atoms with E-state index >= 15 is 0 Å². The molecule has 168 valence electrons. The Morgan fingerprint density at radius 2 is 1.41 bits per heavy atom. The molecule has 1 heterocycles. The molecule has 3 aromatic carbocycles. The van der Waals surface area contributed by atoms with E-state index in [0.29, 0.717) is 6.61 Å². The van der Waals surface area contributed by atoms with Gasteiger partial charge in [0.05, 0.1) is 13.7 Å². The molecule has 0 N–H and O–H groups in total. The van der Waals surface area contributed by atoms with Crippen LogP contribution in [0.15, 0.2) is 66.7 Å². The van der Waals surface area contributed by atoms with Gasteiger partial charge in [0.25, 0.3) is 0 Å². The highest BCUT2D eigenvalue weighted by Gasteiger charge is 2.20. The molecule has 0 atom stereocenters. The zero-order chi connectivity index (χ0) is 22.5. The van der Waals surface area contributed by atoms with Crippen LogP contribution < -0.4 is 24.2 Å². The number of ether oxygens (including phenoxy) is 2. The average molecular weight is 432 g/mol. The molecule has 0 spiro atoms. The minimum Gasteiger partial charge on any atom is -0.497 e. The minimum absolute atomic E-state index is 0.695. The lowest BCUT2D eigenvalue weighted by Gasteiger charge is -2.38. The second-order valence-electron chi connectivity index (χ2n) is 8.23. The van der Waals surface area contributed by atoms with E-state index in [9.17, 15) is 0 Å². The van der Waals surface area contributed by atoms with Crippen molar-refractivity contribution in [3.8, 4) is 22.6 Å². The number of anilines is 3. The van der Waals surface area contributed by atoms with Crippen LogP contribution in [-0.4, -0.2) is 54.0 Å². The summed E-state index contributed by atoms with van der Waals surface area (Å²) in [6.45, 7) is 6.62. The summed E-state index contributed by atoms with van der Waals surface area (Å²) >= 11 is 0. The number of hydrogen-bond acceptors (Lipinski definition) is 5. The monoisotopic (exact) mass is 431 g/mol. The second kappa shape index (κ2) is 9.86. The minimum atomic E-state index is 0.695. The first-order chi connectivity index (χ1) is 15.6. The Labute approximate surface area is 191 Å². The lowest BCUT2D eigenvalue weighted by Crippen LogP contribution is -2.46. The van der Waals surface area contributed by atoms with Crippen LogP contribution in [0.1, 0.15) is 6.92 Å². The van der Waals surface area contributed by atoms with Crippen LogP contribution in [0, 0.1) is 0 Å². The summed E-state index contributed by atoms with van der Waals surface area (Å²) in [4.78, 5) is 7.05. The molecule has 0 radical (unpaired) electrons. The summed E-state index contributed by atoms with van der Waals surface area (Å²) < 4.78 is 11.1. The Kier molecular flexibility index (Phi) is 6.74. The topological polar surface area (TPSA) is 28.2 Å². The molecule has 32 heavy (non-hydrogen) atoms. The summed E-state index contributed by atoms with van der Waals surface area (Å²) in [7, 11) is 5.86. The van der Waals surface area contributed by atoms with Gasteiger partial charge in [-0.05, 0) is 67.1 Å². The summed E-state index contributed by atoms with van der Waals surface area (Å²) in [6.07, 6.45) is 0. The summed E-state index contributed by atoms with van der Waals surface area (Å²) in [5.74, 6) is 1.81. The Balaban J connectivity index is 1.52. The molecule has 0 aromatic heterocycles. The Morgan fingerprint density at radius 3 is 2.00 bits per heavy atom. The third kappa shape index (κ3) is 4.77. The largest absolute Gasteiger partial charge is 0.497 e. The van der Waals surface area contributed by atoms with Crippen molar-refractivity contribution in [2.24, 2.45) is 0 Å². The molecule has 5 heteroatoms. The zero-order valence-corrected chi connectivity index (χ0v) is 19.5. The van der Waals surface area contributed by atoms with Crippen LogP contribution >= 0.6 is 0 Å². The number of benzene rings is 3. The zero-order valence-electron chi connectivity index (χ0n) is 19.5. The molecule has 0 saturated carbocycles. The predicted octanol–water partition coefficient (Wildman–Crippen LogP) is 5.15. The fourth-order valence-corrected chi connectivity index (χ4v) is 4.21. The second-order valence-corrected chi connectivity index (χ2v) is 8.23. The molecule has 0 aliphatic carbocycles. The van der Waals surface area contributed by atoms with Gasteiger partial charge in [-0.2, -0.15) is 0 Å². The van der Waals surface area contributed by atoms with Crippen LogP contribution in [0.5, 0.6) is 11.5 Å². The maximum atomic E-state index is 5.58. The first kappa shape index (κ1) is 21.9. The van der Waals surface area contributed by atoms with Crippen molar-refractivity contribution < 1.29 is 9.47 Å². The van der Waals surface area contributed by atoms with Gasteiger partial charge in [-0.1, -0.05) is 12.1 Å². The van der Waals surface area contributed by atoms with Crippen molar-refractivity contribution in [1.82, 2.24) is 0 Å². The highest BCUT2D eigenvalue weighted by Crippen LogP contribution is 2.36. The van der Waals surface area contributed by atoms with Crippen molar-refractivity contribution in [3.05, 3.63) is 66.7 Å². The molecule has 0 unspecified atom stereocenters. The highest BCUT2D eigenvalue weighted by molar-refractivity contribution is 5.81. The summed E-state index contributed by atoms with van der Waals surface area (Å²) in [5.41, 5.74) is 6.13. The standard InChI is InChI=1S/C27H33N3O2/c1-5-32-24-12-10-23(11-13-24)29-16-18-30(19-17-29)27-15-14-25(31-4)20-26(27)21-6-8-22(9-7-21)28(2)3/h6-15,20H,5,16-19H2,1-4H3. The Bertz CT molecular complexity index is 1010. The van der Waals surface area contributed by atoms with E-state index in [1.54, 1.807) is 7.11 Å². The molecular formula is C27H33N3O2. The van der Waals surface area contributed by atoms with Gasteiger partial charge in [0.15, 0.2) is 0 Å². The maximum absolute atomic E-state index is 5.58. The number of piperazine rings is 1. The van der Waals surface area contributed by atoms with E-state index in [-0.39, 0.29) is 0 Å². The lowest BCUT2D eigenvalue weighted by molar-refractivity contribution is 0.340. The normalized spacial score (nSPS) is 13.8. The van der Waals surface area contributed by atoms with Crippen molar-refractivity contribution in [1.29, 1.82) is 0 Å². The quantitative estimate of drug-likeness (QED) is 0.516. The first-order valence-corrected chi connectivity index (χ1v) is 11.3. The van der Waals surface area contributed by atoms with E-state index in [4.69, 9.17) is 9.47 Å². The van der Waals surface area contributed by atoms with E-state index in [1.165, 1.54) is 28.2 Å². The predicted molar refractivity (Wildman–Crippen MR) is 135 cm³/mol. The number of hydrogen-bond donors (Lipinski definition) is 0.